The molecule has 0 unspecified atom stereocenters. The van der Waals surface area contributed by atoms with Gasteiger partial charge in [-0.1, -0.05) is 18.2 Å². The number of rotatable bonds is 2. The van der Waals surface area contributed by atoms with E-state index in [0.717, 1.165) is 24.8 Å². The van der Waals surface area contributed by atoms with E-state index in [9.17, 15) is 4.79 Å². The summed E-state index contributed by atoms with van der Waals surface area (Å²) in [5.41, 5.74) is 1.01. The van der Waals surface area contributed by atoms with Gasteiger partial charge in [0.15, 0.2) is 0 Å². The smallest absolute Gasteiger partial charge is 0.211 e. The lowest BCUT2D eigenvalue weighted by atomic mass is 9.71. The highest BCUT2D eigenvalue weighted by Gasteiger charge is 2.40. The van der Waals surface area contributed by atoms with E-state index in [-0.39, 0.29) is 0 Å². The Bertz CT molecular complexity index is 463. The van der Waals surface area contributed by atoms with Crippen LogP contribution in [0, 0.1) is 11.3 Å². The lowest BCUT2D eigenvalue weighted by Gasteiger charge is -2.37. The van der Waals surface area contributed by atoms with Crippen LogP contribution < -0.4 is 0 Å². The van der Waals surface area contributed by atoms with Crippen molar-refractivity contribution in [1.82, 2.24) is 0 Å². The summed E-state index contributed by atoms with van der Waals surface area (Å²) in [5.74, 6) is 0. The van der Waals surface area contributed by atoms with Crippen molar-refractivity contribution in [2.45, 2.75) is 24.8 Å². The number of benzene rings is 1. The number of hydrogen-bond donors (Lipinski definition) is 0. The topological polar surface area (TPSA) is 53.2 Å². The van der Waals surface area contributed by atoms with Gasteiger partial charge in [0.2, 0.25) is 6.08 Å². The summed E-state index contributed by atoms with van der Waals surface area (Å²) < 4.78 is 0. The minimum atomic E-state index is -0.464. The lowest BCUT2D eigenvalue weighted by Crippen LogP contribution is -2.32. The molecule has 74 valence electrons. The van der Waals surface area contributed by atoms with Crippen LogP contribution in [0.2, 0.25) is 0 Å². The van der Waals surface area contributed by atoms with E-state index in [1.54, 1.807) is 12.1 Å². The molecular weight excluding hydrogens is 188 g/mol. The molecule has 1 aromatic carbocycles. The largest absolute Gasteiger partial charge is 0.235 e. The minimum Gasteiger partial charge on any atom is -0.211 e. The maximum absolute atomic E-state index is 10.4. The Labute approximate surface area is 88.1 Å². The van der Waals surface area contributed by atoms with Crippen LogP contribution >= 0.6 is 0 Å². The first-order valence-electron chi connectivity index (χ1n) is 4.91. The number of isocyanates is 1. The Kier molecular flexibility index (Phi) is 2.37. The molecule has 3 heteroatoms. The Morgan fingerprint density at radius 3 is 2.60 bits per heavy atom. The molecule has 1 aromatic rings. The van der Waals surface area contributed by atoms with Crippen molar-refractivity contribution in [2.24, 2.45) is 4.99 Å². The molecule has 1 saturated carbocycles. The molecule has 1 fully saturated rings. The van der Waals surface area contributed by atoms with Gasteiger partial charge >= 0.3 is 0 Å². The third kappa shape index (κ3) is 1.45. The monoisotopic (exact) mass is 198 g/mol. The maximum Gasteiger partial charge on any atom is 0.235 e. The molecule has 0 saturated heterocycles. The van der Waals surface area contributed by atoms with Gasteiger partial charge in [0, 0.05) is 0 Å². The summed E-state index contributed by atoms with van der Waals surface area (Å²) in [7, 11) is 0. The van der Waals surface area contributed by atoms with Crippen LogP contribution in [0.25, 0.3) is 0 Å². The van der Waals surface area contributed by atoms with E-state index in [0.29, 0.717) is 5.56 Å². The van der Waals surface area contributed by atoms with Crippen LogP contribution in [0.1, 0.15) is 30.4 Å². The van der Waals surface area contributed by atoms with Crippen LogP contribution in [-0.2, 0) is 10.3 Å². The Hall–Kier alpha value is -1.91. The van der Waals surface area contributed by atoms with E-state index in [4.69, 9.17) is 5.26 Å². The first-order chi connectivity index (χ1) is 7.32. The van der Waals surface area contributed by atoms with Gasteiger partial charge in [0.1, 0.15) is 0 Å². The highest BCUT2D eigenvalue weighted by atomic mass is 16.1. The van der Waals surface area contributed by atoms with Gasteiger partial charge in [0.25, 0.3) is 0 Å². The predicted molar refractivity (Wildman–Crippen MR) is 54.8 cm³/mol. The van der Waals surface area contributed by atoms with E-state index >= 15 is 0 Å². The average molecular weight is 198 g/mol. The highest BCUT2D eigenvalue weighted by Crippen LogP contribution is 2.45. The molecule has 0 heterocycles. The number of nitrogens with zero attached hydrogens (tertiary/aromatic N) is 2. The second-order valence-corrected chi connectivity index (χ2v) is 3.75. The third-order valence-electron chi connectivity index (χ3n) is 2.99. The minimum absolute atomic E-state index is 0.464. The van der Waals surface area contributed by atoms with Crippen molar-refractivity contribution in [3.63, 3.8) is 0 Å². The zero-order valence-corrected chi connectivity index (χ0v) is 8.23. The molecule has 1 aliphatic rings. The Balaban J connectivity index is 2.52. The fourth-order valence-corrected chi connectivity index (χ4v) is 2.03. The number of hydrogen-bond acceptors (Lipinski definition) is 3. The molecule has 3 nitrogen and oxygen atoms in total. The zero-order chi connectivity index (χ0) is 10.7. The molecule has 0 N–H and O–H groups in total. The van der Waals surface area contributed by atoms with Crippen LogP contribution in [-0.4, -0.2) is 6.08 Å². The number of nitriles is 1. The summed E-state index contributed by atoms with van der Waals surface area (Å²) in [6.07, 6.45) is 4.34. The lowest BCUT2D eigenvalue weighted by molar-refractivity contribution is 0.255. The molecule has 0 aromatic heterocycles. The van der Waals surface area contributed by atoms with Crippen molar-refractivity contribution in [1.29, 1.82) is 5.26 Å². The van der Waals surface area contributed by atoms with Crippen LogP contribution in [0.5, 0.6) is 0 Å². The molecule has 15 heavy (non-hydrogen) atoms. The fourth-order valence-electron chi connectivity index (χ4n) is 2.03. The zero-order valence-electron chi connectivity index (χ0n) is 8.23. The van der Waals surface area contributed by atoms with Gasteiger partial charge in [-0.25, -0.2) is 4.79 Å². The van der Waals surface area contributed by atoms with Gasteiger partial charge in [-0.2, -0.15) is 10.3 Å². The quantitative estimate of drug-likeness (QED) is 0.540. The molecule has 2 rings (SSSR count). The molecule has 0 amide bonds. The Morgan fingerprint density at radius 2 is 2.07 bits per heavy atom. The summed E-state index contributed by atoms with van der Waals surface area (Å²) in [6, 6.07) is 9.46. The van der Waals surface area contributed by atoms with Crippen LogP contribution in [0.3, 0.4) is 0 Å². The second kappa shape index (κ2) is 3.68. The van der Waals surface area contributed by atoms with Crippen molar-refractivity contribution in [2.75, 3.05) is 0 Å². The van der Waals surface area contributed by atoms with Crippen LogP contribution in [0.15, 0.2) is 29.3 Å². The van der Waals surface area contributed by atoms with E-state index < -0.39 is 5.54 Å². The van der Waals surface area contributed by atoms with Crippen molar-refractivity contribution < 1.29 is 4.79 Å². The van der Waals surface area contributed by atoms with Gasteiger partial charge in [0.05, 0.1) is 17.2 Å². The van der Waals surface area contributed by atoms with Crippen LogP contribution in [0.4, 0.5) is 0 Å². The average Bonchev–Trinajstić information content (AvgIpc) is 2.23. The molecule has 0 radical (unpaired) electrons. The highest BCUT2D eigenvalue weighted by molar-refractivity contribution is 5.46. The first kappa shape index (κ1) is 9.64. The summed E-state index contributed by atoms with van der Waals surface area (Å²) in [6.45, 7) is 0. The Morgan fingerprint density at radius 1 is 1.33 bits per heavy atom. The normalized spacial score (nSPS) is 17.0. The fraction of sp³-hybridized carbons (Fsp3) is 0.333. The molecule has 0 aliphatic heterocycles. The number of carbonyl (C=O) groups excluding carboxylic acids is 1. The summed E-state index contributed by atoms with van der Waals surface area (Å²) in [4.78, 5) is 14.3. The van der Waals surface area contributed by atoms with Gasteiger partial charge < -0.3 is 0 Å². The second-order valence-electron chi connectivity index (χ2n) is 3.75. The van der Waals surface area contributed by atoms with Crippen molar-refractivity contribution in [3.05, 3.63) is 35.4 Å². The first-order valence-corrected chi connectivity index (χ1v) is 4.91. The number of aliphatic imine (C=N–C) groups is 1. The molecular formula is C12H10N2O. The van der Waals surface area contributed by atoms with Gasteiger partial charge in [-0.05, 0) is 30.9 Å². The molecule has 1 aliphatic carbocycles. The summed E-state index contributed by atoms with van der Waals surface area (Å²) in [5, 5.41) is 8.98. The van der Waals surface area contributed by atoms with Crippen molar-refractivity contribution in [3.8, 4) is 6.07 Å². The van der Waals surface area contributed by atoms with E-state index in [1.807, 2.05) is 18.2 Å². The standard InChI is InChI=1S/C12H10N2O/c13-8-10-4-1-2-5-11(10)12(14-9-15)6-3-7-12/h1-2,4-5H,3,6-7H2. The van der Waals surface area contributed by atoms with Gasteiger partial charge in [-0.15, -0.1) is 0 Å². The van der Waals surface area contributed by atoms with Gasteiger partial charge in [-0.3, -0.25) is 0 Å². The van der Waals surface area contributed by atoms with E-state index in [1.165, 1.54) is 0 Å². The SMILES string of the molecule is N#Cc1ccccc1C1(N=C=O)CCC1. The molecule has 0 spiro atoms. The summed E-state index contributed by atoms with van der Waals surface area (Å²) >= 11 is 0. The third-order valence-corrected chi connectivity index (χ3v) is 2.99. The molecule has 0 atom stereocenters. The molecule has 0 bridgehead atoms. The predicted octanol–water partition coefficient (Wildman–Crippen LogP) is 2.27. The van der Waals surface area contributed by atoms with Crippen molar-refractivity contribution >= 4 is 6.08 Å². The van der Waals surface area contributed by atoms with E-state index in [2.05, 4.69) is 11.1 Å². The maximum atomic E-state index is 10.4.